The minimum atomic E-state index is 0.248. The molecule has 0 aromatic rings. The molecule has 0 saturated heterocycles. The third-order valence-electron chi connectivity index (χ3n) is 7.18. The monoisotopic (exact) mass is 291 g/mol. The second kappa shape index (κ2) is 7.02. The second-order valence-corrected chi connectivity index (χ2v) is 8.52. The lowest BCUT2D eigenvalue weighted by atomic mass is 9.69. The largest absolute Gasteiger partial charge is 0.325 e. The summed E-state index contributed by atoms with van der Waals surface area (Å²) < 4.78 is 0. The first-order chi connectivity index (χ1) is 10.2. The standard InChI is InChI=1S/C20H37N/c1-2-3-4-5-6-7-8-9-13-20(21)15-16-14-19(20)18-12-10-11-17(16)18/h16-19H,2-15,21H2,1H3. The molecule has 0 heterocycles. The highest BCUT2D eigenvalue weighted by atomic mass is 14.8. The molecule has 2 bridgehead atoms. The van der Waals surface area contributed by atoms with Gasteiger partial charge in [0.05, 0.1) is 0 Å². The van der Waals surface area contributed by atoms with Crippen molar-refractivity contribution in [2.45, 2.75) is 102 Å². The summed E-state index contributed by atoms with van der Waals surface area (Å²) in [6.45, 7) is 2.30. The van der Waals surface area contributed by atoms with Crippen LogP contribution in [0.25, 0.3) is 0 Å². The number of fused-ring (bicyclic) bond motifs is 5. The van der Waals surface area contributed by atoms with Crippen molar-refractivity contribution in [3.05, 3.63) is 0 Å². The van der Waals surface area contributed by atoms with Gasteiger partial charge in [-0.25, -0.2) is 0 Å². The van der Waals surface area contributed by atoms with Gasteiger partial charge in [0.1, 0.15) is 0 Å². The van der Waals surface area contributed by atoms with Gasteiger partial charge in [-0.3, -0.25) is 0 Å². The van der Waals surface area contributed by atoms with Gasteiger partial charge in [0.25, 0.3) is 0 Å². The van der Waals surface area contributed by atoms with Crippen LogP contribution in [0.1, 0.15) is 96.8 Å². The fraction of sp³-hybridized carbons (Fsp3) is 1.00. The van der Waals surface area contributed by atoms with Gasteiger partial charge in [-0.1, -0.05) is 64.7 Å². The molecular formula is C20H37N. The zero-order valence-electron chi connectivity index (χ0n) is 14.3. The van der Waals surface area contributed by atoms with Crippen molar-refractivity contribution in [2.75, 3.05) is 0 Å². The van der Waals surface area contributed by atoms with Gasteiger partial charge in [0.2, 0.25) is 0 Å². The molecule has 0 amide bonds. The molecule has 122 valence electrons. The van der Waals surface area contributed by atoms with Gasteiger partial charge >= 0.3 is 0 Å². The van der Waals surface area contributed by atoms with Gasteiger partial charge in [-0.15, -0.1) is 0 Å². The van der Waals surface area contributed by atoms with Crippen molar-refractivity contribution in [3.63, 3.8) is 0 Å². The van der Waals surface area contributed by atoms with Gasteiger partial charge in [0, 0.05) is 5.54 Å². The lowest BCUT2D eigenvalue weighted by Crippen LogP contribution is -2.49. The fourth-order valence-electron chi connectivity index (χ4n) is 6.19. The van der Waals surface area contributed by atoms with E-state index in [2.05, 4.69) is 6.92 Å². The van der Waals surface area contributed by atoms with Crippen molar-refractivity contribution >= 4 is 0 Å². The Balaban J connectivity index is 1.33. The molecule has 21 heavy (non-hydrogen) atoms. The minimum Gasteiger partial charge on any atom is -0.325 e. The van der Waals surface area contributed by atoms with Crippen LogP contribution in [0.15, 0.2) is 0 Å². The molecule has 3 rings (SSSR count). The van der Waals surface area contributed by atoms with E-state index in [1.807, 2.05) is 0 Å². The van der Waals surface area contributed by atoms with E-state index < -0.39 is 0 Å². The lowest BCUT2D eigenvalue weighted by molar-refractivity contribution is 0.145. The summed E-state index contributed by atoms with van der Waals surface area (Å²) in [6, 6.07) is 0. The Bertz CT molecular complexity index is 326. The van der Waals surface area contributed by atoms with Crippen LogP contribution < -0.4 is 5.73 Å². The topological polar surface area (TPSA) is 26.0 Å². The Morgan fingerprint density at radius 3 is 2.33 bits per heavy atom. The Morgan fingerprint density at radius 1 is 0.905 bits per heavy atom. The van der Waals surface area contributed by atoms with Crippen LogP contribution in [0.4, 0.5) is 0 Å². The smallest absolute Gasteiger partial charge is 0.0188 e. The summed E-state index contributed by atoms with van der Waals surface area (Å²) in [6.07, 6.45) is 20.1. The van der Waals surface area contributed by atoms with Gasteiger partial charge in [-0.2, -0.15) is 0 Å². The molecule has 3 fully saturated rings. The zero-order valence-corrected chi connectivity index (χ0v) is 14.3. The molecule has 5 unspecified atom stereocenters. The number of hydrogen-bond donors (Lipinski definition) is 1. The van der Waals surface area contributed by atoms with E-state index in [1.165, 1.54) is 89.9 Å². The molecule has 0 radical (unpaired) electrons. The van der Waals surface area contributed by atoms with E-state index in [9.17, 15) is 0 Å². The fourth-order valence-corrected chi connectivity index (χ4v) is 6.19. The first kappa shape index (κ1) is 15.8. The van der Waals surface area contributed by atoms with E-state index in [0.29, 0.717) is 0 Å². The molecule has 2 N–H and O–H groups in total. The van der Waals surface area contributed by atoms with E-state index >= 15 is 0 Å². The van der Waals surface area contributed by atoms with Crippen molar-refractivity contribution < 1.29 is 0 Å². The van der Waals surface area contributed by atoms with Crippen LogP contribution >= 0.6 is 0 Å². The minimum absolute atomic E-state index is 0.248. The number of unbranched alkanes of at least 4 members (excludes halogenated alkanes) is 7. The summed E-state index contributed by atoms with van der Waals surface area (Å²) >= 11 is 0. The molecule has 3 aliphatic rings. The molecule has 0 aliphatic heterocycles. The maximum absolute atomic E-state index is 6.88. The van der Waals surface area contributed by atoms with Crippen LogP contribution in [0.5, 0.6) is 0 Å². The highest BCUT2D eigenvalue weighted by molar-refractivity contribution is 5.12. The molecular weight excluding hydrogens is 254 g/mol. The molecule has 1 nitrogen and oxygen atoms in total. The second-order valence-electron chi connectivity index (χ2n) is 8.52. The number of rotatable bonds is 9. The van der Waals surface area contributed by atoms with Crippen LogP contribution in [-0.4, -0.2) is 5.54 Å². The predicted octanol–water partition coefficient (Wildman–Crippen LogP) is 5.67. The summed E-state index contributed by atoms with van der Waals surface area (Å²) in [5.74, 6) is 4.04. The zero-order chi connectivity index (χ0) is 14.7. The highest BCUT2D eigenvalue weighted by Crippen LogP contribution is 2.62. The van der Waals surface area contributed by atoms with Crippen molar-refractivity contribution in [1.29, 1.82) is 0 Å². The third kappa shape index (κ3) is 3.33. The van der Waals surface area contributed by atoms with E-state index in [1.54, 1.807) is 0 Å². The Hall–Kier alpha value is -0.0400. The average molecular weight is 292 g/mol. The first-order valence-electron chi connectivity index (χ1n) is 10.0. The maximum Gasteiger partial charge on any atom is 0.0188 e. The molecule has 0 spiro atoms. The summed E-state index contributed by atoms with van der Waals surface area (Å²) in [4.78, 5) is 0. The van der Waals surface area contributed by atoms with Crippen LogP contribution in [-0.2, 0) is 0 Å². The molecule has 3 aliphatic carbocycles. The maximum atomic E-state index is 6.88. The van der Waals surface area contributed by atoms with Crippen LogP contribution in [0.2, 0.25) is 0 Å². The quantitative estimate of drug-likeness (QED) is 0.544. The number of hydrogen-bond acceptors (Lipinski definition) is 1. The van der Waals surface area contributed by atoms with Crippen molar-refractivity contribution in [2.24, 2.45) is 29.4 Å². The normalized spacial score (nSPS) is 40.9. The summed E-state index contributed by atoms with van der Waals surface area (Å²) in [5, 5.41) is 0. The number of nitrogens with two attached hydrogens (primary N) is 1. The first-order valence-corrected chi connectivity index (χ1v) is 10.0. The lowest BCUT2D eigenvalue weighted by Gasteiger charge is -2.40. The van der Waals surface area contributed by atoms with Crippen LogP contribution in [0, 0.1) is 23.7 Å². The molecule has 1 heteroatoms. The Morgan fingerprint density at radius 2 is 1.57 bits per heavy atom. The average Bonchev–Trinajstić information content (AvgIpc) is 3.13. The van der Waals surface area contributed by atoms with Gasteiger partial charge < -0.3 is 5.73 Å². The SMILES string of the molecule is CCCCCCCCCCC1(N)CC2CC1C1CCCC21. The predicted molar refractivity (Wildman–Crippen MR) is 91.2 cm³/mol. The third-order valence-corrected chi connectivity index (χ3v) is 7.18. The van der Waals surface area contributed by atoms with Crippen LogP contribution in [0.3, 0.4) is 0 Å². The van der Waals surface area contributed by atoms with Crippen molar-refractivity contribution in [1.82, 2.24) is 0 Å². The summed E-state index contributed by atoms with van der Waals surface area (Å²) in [5.41, 5.74) is 7.13. The van der Waals surface area contributed by atoms with Gasteiger partial charge in [0.15, 0.2) is 0 Å². The summed E-state index contributed by atoms with van der Waals surface area (Å²) in [7, 11) is 0. The van der Waals surface area contributed by atoms with E-state index in [-0.39, 0.29) is 5.54 Å². The Labute approximate surface area is 132 Å². The molecule has 0 aromatic carbocycles. The highest BCUT2D eigenvalue weighted by Gasteiger charge is 2.58. The molecule has 5 atom stereocenters. The molecule has 3 saturated carbocycles. The van der Waals surface area contributed by atoms with E-state index in [4.69, 9.17) is 5.73 Å². The van der Waals surface area contributed by atoms with Crippen molar-refractivity contribution in [3.8, 4) is 0 Å². The van der Waals surface area contributed by atoms with Gasteiger partial charge in [-0.05, 0) is 55.8 Å². The van der Waals surface area contributed by atoms with E-state index in [0.717, 1.165) is 23.7 Å². The Kier molecular flexibility index (Phi) is 5.30. The molecule has 0 aromatic heterocycles.